The Morgan fingerprint density at radius 1 is 1.30 bits per heavy atom. The van der Waals surface area contributed by atoms with Gasteiger partial charge < -0.3 is 4.90 Å². The summed E-state index contributed by atoms with van der Waals surface area (Å²) in [4.78, 5) is 4.60. The second-order valence-electron chi connectivity index (χ2n) is 4.51. The highest BCUT2D eigenvalue weighted by Crippen LogP contribution is 2.43. The highest BCUT2D eigenvalue weighted by atomic mass is 32.2. The van der Waals surface area contributed by atoms with Crippen molar-refractivity contribution in [3.63, 3.8) is 0 Å². The first-order valence-electron chi connectivity index (χ1n) is 6.51. The molecule has 4 heteroatoms. The number of benzene rings is 1. The Labute approximate surface area is 127 Å². The Kier molecular flexibility index (Phi) is 5.26. The fraction of sp³-hybridized carbons (Fsp3) is 0.250. The van der Waals surface area contributed by atoms with Crippen molar-refractivity contribution in [3.8, 4) is 0 Å². The molecule has 2 nitrogen and oxygen atoms in total. The van der Waals surface area contributed by atoms with Crippen molar-refractivity contribution in [2.24, 2.45) is 0 Å². The van der Waals surface area contributed by atoms with Gasteiger partial charge in [0.2, 0.25) is 0 Å². The Balaban J connectivity index is 2.32. The highest BCUT2D eigenvalue weighted by molar-refractivity contribution is 8.03. The maximum Gasteiger partial charge on any atom is 0.0552 e. The van der Waals surface area contributed by atoms with Gasteiger partial charge in [0, 0.05) is 39.2 Å². The lowest BCUT2D eigenvalue weighted by Crippen LogP contribution is -2.27. The van der Waals surface area contributed by atoms with Crippen LogP contribution >= 0.6 is 11.8 Å². The maximum atomic E-state index is 11.2. The summed E-state index contributed by atoms with van der Waals surface area (Å²) in [5, 5.41) is 0. The van der Waals surface area contributed by atoms with Crippen LogP contribution in [0.4, 0.5) is 5.69 Å². The van der Waals surface area contributed by atoms with Gasteiger partial charge in [-0.25, -0.2) is 0 Å². The second-order valence-corrected chi connectivity index (χ2v) is 7.15. The van der Waals surface area contributed by atoms with Gasteiger partial charge >= 0.3 is 0 Å². The van der Waals surface area contributed by atoms with Crippen molar-refractivity contribution in [1.29, 1.82) is 0 Å². The van der Waals surface area contributed by atoms with Crippen LogP contribution in [0.1, 0.15) is 6.42 Å². The molecule has 1 heterocycles. The van der Waals surface area contributed by atoms with E-state index in [1.807, 2.05) is 24.3 Å². The van der Waals surface area contributed by atoms with Gasteiger partial charge in [0.15, 0.2) is 0 Å². The first-order chi connectivity index (χ1) is 9.67. The zero-order valence-corrected chi connectivity index (χ0v) is 13.3. The van der Waals surface area contributed by atoms with E-state index in [-0.39, 0.29) is 0 Å². The monoisotopic (exact) mass is 305 g/mol. The van der Waals surface area contributed by atoms with E-state index in [1.54, 1.807) is 18.0 Å². The van der Waals surface area contributed by atoms with Crippen molar-refractivity contribution in [1.82, 2.24) is 0 Å². The van der Waals surface area contributed by atoms with Crippen LogP contribution in [-0.2, 0) is 10.8 Å². The largest absolute Gasteiger partial charge is 0.340 e. The van der Waals surface area contributed by atoms with Gasteiger partial charge in [0.25, 0.3) is 0 Å². The predicted octanol–water partition coefficient (Wildman–Crippen LogP) is 3.95. The molecule has 0 radical (unpaired) electrons. The summed E-state index contributed by atoms with van der Waals surface area (Å²) in [6.45, 7) is 8.67. The Hall–Kier alpha value is -1.26. The van der Waals surface area contributed by atoms with E-state index in [2.05, 4.69) is 30.2 Å². The topological polar surface area (TPSA) is 20.3 Å². The minimum absolute atomic E-state index is 0.722. The van der Waals surface area contributed by atoms with Crippen molar-refractivity contribution >= 4 is 28.2 Å². The van der Waals surface area contributed by atoms with Gasteiger partial charge in [-0.15, -0.1) is 0 Å². The molecule has 1 atom stereocenters. The quantitative estimate of drug-likeness (QED) is 0.793. The zero-order chi connectivity index (χ0) is 14.5. The van der Waals surface area contributed by atoms with Crippen molar-refractivity contribution in [2.75, 3.05) is 23.5 Å². The molecular formula is C16H19NOS2. The van der Waals surface area contributed by atoms with Gasteiger partial charge in [-0.1, -0.05) is 43.1 Å². The number of allylic oxidation sites excluding steroid dienone is 2. The molecular weight excluding hydrogens is 286 g/mol. The molecule has 1 aliphatic heterocycles. The van der Waals surface area contributed by atoms with Crippen LogP contribution in [0, 0.1) is 0 Å². The maximum absolute atomic E-state index is 11.2. The van der Waals surface area contributed by atoms with Crippen molar-refractivity contribution in [2.45, 2.75) is 11.3 Å². The fourth-order valence-corrected chi connectivity index (χ4v) is 3.81. The molecule has 106 valence electrons. The van der Waals surface area contributed by atoms with Crippen LogP contribution in [0.15, 0.2) is 65.1 Å². The summed E-state index contributed by atoms with van der Waals surface area (Å²) in [5.74, 6) is 0.722. The lowest BCUT2D eigenvalue weighted by Gasteiger charge is -2.33. The number of hydrogen-bond acceptors (Lipinski definition) is 3. The molecule has 0 amide bonds. The van der Waals surface area contributed by atoms with E-state index in [9.17, 15) is 4.21 Å². The molecule has 1 aromatic carbocycles. The summed E-state index contributed by atoms with van der Waals surface area (Å²) in [6.07, 6.45) is 6.40. The fourth-order valence-electron chi connectivity index (χ4n) is 2.22. The normalized spacial score (nSPS) is 15.8. The van der Waals surface area contributed by atoms with Crippen molar-refractivity contribution < 1.29 is 4.21 Å². The number of hydrogen-bond donors (Lipinski definition) is 0. The summed E-state index contributed by atoms with van der Waals surface area (Å²) in [5.41, 5.74) is 2.28. The van der Waals surface area contributed by atoms with Gasteiger partial charge in [0.05, 0.1) is 11.4 Å². The smallest absolute Gasteiger partial charge is 0.0552 e. The average molecular weight is 305 g/mol. The van der Waals surface area contributed by atoms with Crippen LogP contribution in [0.5, 0.6) is 0 Å². The number of thioether (sulfide) groups is 1. The highest BCUT2D eigenvalue weighted by Gasteiger charge is 2.22. The molecule has 1 aliphatic rings. The summed E-state index contributed by atoms with van der Waals surface area (Å²) in [7, 11) is -0.745. The molecule has 0 saturated carbocycles. The number of fused-ring (bicyclic) bond motifs is 1. The summed E-state index contributed by atoms with van der Waals surface area (Å²) >= 11 is 1.72. The molecule has 0 aromatic heterocycles. The second kappa shape index (κ2) is 6.95. The molecule has 20 heavy (non-hydrogen) atoms. The van der Waals surface area contributed by atoms with Crippen LogP contribution in [-0.4, -0.2) is 22.8 Å². The Bertz CT molecular complexity index is 578. The minimum atomic E-state index is -0.745. The number of para-hydroxylation sites is 1. The van der Waals surface area contributed by atoms with E-state index in [0.29, 0.717) is 0 Å². The third-order valence-electron chi connectivity index (χ3n) is 3.11. The lowest BCUT2D eigenvalue weighted by atomic mass is 10.2. The Morgan fingerprint density at radius 2 is 2.05 bits per heavy atom. The molecule has 0 fully saturated rings. The van der Waals surface area contributed by atoms with Gasteiger partial charge in [-0.05, 0) is 24.6 Å². The first-order valence-corrected chi connectivity index (χ1v) is 9.05. The van der Waals surface area contributed by atoms with Crippen LogP contribution in [0.25, 0.3) is 0 Å². The molecule has 0 N–H and O–H groups in total. The van der Waals surface area contributed by atoms with Gasteiger partial charge in [-0.2, -0.15) is 0 Å². The molecule has 1 aromatic rings. The van der Waals surface area contributed by atoms with Crippen LogP contribution < -0.4 is 4.90 Å². The first kappa shape index (κ1) is 15.1. The van der Waals surface area contributed by atoms with E-state index < -0.39 is 10.8 Å². The SMILES string of the molecule is C=CC1=C(C=C)N(CCCS(C)=O)c2ccccc2S1. The number of rotatable bonds is 6. The predicted molar refractivity (Wildman–Crippen MR) is 90.6 cm³/mol. The van der Waals surface area contributed by atoms with Crippen molar-refractivity contribution in [3.05, 3.63) is 60.2 Å². The number of nitrogens with zero attached hydrogens (tertiary/aromatic N) is 1. The van der Waals surface area contributed by atoms with E-state index in [0.717, 1.165) is 29.3 Å². The molecule has 1 unspecified atom stereocenters. The van der Waals surface area contributed by atoms with Gasteiger partial charge in [-0.3, -0.25) is 4.21 Å². The van der Waals surface area contributed by atoms with E-state index in [4.69, 9.17) is 0 Å². The van der Waals surface area contributed by atoms with Crippen LogP contribution in [0.2, 0.25) is 0 Å². The van der Waals surface area contributed by atoms with Crippen LogP contribution in [0.3, 0.4) is 0 Å². The van der Waals surface area contributed by atoms with E-state index in [1.165, 1.54) is 10.6 Å². The Morgan fingerprint density at radius 3 is 2.70 bits per heavy atom. The molecule has 0 bridgehead atoms. The molecule has 0 saturated heterocycles. The summed E-state index contributed by atoms with van der Waals surface area (Å²) in [6, 6.07) is 8.33. The minimum Gasteiger partial charge on any atom is -0.340 e. The summed E-state index contributed by atoms with van der Waals surface area (Å²) < 4.78 is 11.2. The lowest BCUT2D eigenvalue weighted by molar-refractivity contribution is 0.683. The third-order valence-corrected chi connectivity index (χ3v) is 5.14. The molecule has 0 spiro atoms. The number of anilines is 1. The molecule has 0 aliphatic carbocycles. The average Bonchev–Trinajstić information content (AvgIpc) is 2.46. The third kappa shape index (κ3) is 3.25. The molecule has 2 rings (SSSR count). The van der Waals surface area contributed by atoms with E-state index >= 15 is 0 Å². The zero-order valence-electron chi connectivity index (χ0n) is 11.7. The van der Waals surface area contributed by atoms with Gasteiger partial charge in [0.1, 0.15) is 0 Å². The standard InChI is InChI=1S/C16H19NOS2/c1-4-13-15(5-2)19-16-10-7-6-9-14(16)17(13)11-8-12-20(3)18/h4-7,9-10H,1-2,8,11-12H2,3H3.